The average Bonchev–Trinajstić information content (AvgIpc) is 3.35. The number of hydrogen-bond donors (Lipinski definition) is 0. The molecule has 28 heavy (non-hydrogen) atoms. The van der Waals surface area contributed by atoms with Crippen molar-refractivity contribution in [1.29, 1.82) is 0 Å². The summed E-state index contributed by atoms with van der Waals surface area (Å²) in [6.07, 6.45) is 0.970. The highest BCUT2D eigenvalue weighted by atomic mass is 35.5. The summed E-state index contributed by atoms with van der Waals surface area (Å²) >= 11 is 5.98. The average molecular weight is 398 g/mol. The molecule has 3 aliphatic rings. The van der Waals surface area contributed by atoms with E-state index in [1.807, 2.05) is 24.3 Å². The van der Waals surface area contributed by atoms with Gasteiger partial charge in [-0.05, 0) is 36.8 Å². The molecular formula is C21H20ClN3O3. The van der Waals surface area contributed by atoms with Crippen molar-refractivity contribution in [1.82, 2.24) is 10.0 Å². The largest absolute Gasteiger partial charge is 0.496 e. The Hall–Kier alpha value is -2.41. The Bertz CT molecular complexity index is 948. The summed E-state index contributed by atoms with van der Waals surface area (Å²) < 4.78 is 5.57. The number of halogens is 1. The fourth-order valence-corrected chi connectivity index (χ4v) is 4.97. The standard InChI is InChI=1S/C21H20ClN3O3/c1-28-16-6-3-2-5-15(16)18-17-19(24-12-4-11-23(18)24)21(27)25(20(17)26)14-9-7-13(22)8-10-14/h2-3,5-10,17-19H,4,11-12H2,1H3/t17-,18-,19-/m1/s1. The van der Waals surface area contributed by atoms with Crippen LogP contribution in [0.5, 0.6) is 5.75 Å². The van der Waals surface area contributed by atoms with E-state index in [2.05, 4.69) is 10.0 Å². The molecule has 144 valence electrons. The molecule has 3 fully saturated rings. The molecule has 3 heterocycles. The van der Waals surface area contributed by atoms with Gasteiger partial charge >= 0.3 is 0 Å². The molecule has 3 aliphatic heterocycles. The lowest BCUT2D eigenvalue weighted by molar-refractivity contribution is -0.126. The zero-order valence-electron chi connectivity index (χ0n) is 15.4. The second kappa shape index (κ2) is 6.58. The van der Waals surface area contributed by atoms with E-state index in [1.54, 1.807) is 31.4 Å². The number of rotatable bonds is 3. The summed E-state index contributed by atoms with van der Waals surface area (Å²) in [6.45, 7) is 1.61. The number of carbonyl (C=O) groups excluding carboxylic acids is 2. The summed E-state index contributed by atoms with van der Waals surface area (Å²) in [5.41, 5.74) is 1.52. The van der Waals surface area contributed by atoms with Crippen LogP contribution in [0.2, 0.25) is 5.02 Å². The highest BCUT2D eigenvalue weighted by molar-refractivity contribution is 6.31. The molecule has 0 spiro atoms. The topological polar surface area (TPSA) is 53.1 Å². The third-order valence-electron chi connectivity index (χ3n) is 5.95. The lowest BCUT2D eigenvalue weighted by atomic mass is 9.89. The monoisotopic (exact) mass is 397 g/mol. The van der Waals surface area contributed by atoms with Gasteiger partial charge in [0.2, 0.25) is 5.91 Å². The maximum absolute atomic E-state index is 13.5. The number of carbonyl (C=O) groups is 2. The van der Waals surface area contributed by atoms with Gasteiger partial charge in [0.25, 0.3) is 5.91 Å². The number of hydrazine groups is 1. The van der Waals surface area contributed by atoms with Crippen LogP contribution in [0, 0.1) is 5.92 Å². The highest BCUT2D eigenvalue weighted by Crippen LogP contribution is 2.50. The number of nitrogens with zero attached hydrogens (tertiary/aromatic N) is 3. The first-order valence-corrected chi connectivity index (χ1v) is 9.79. The first-order valence-electron chi connectivity index (χ1n) is 9.41. The Morgan fingerprint density at radius 1 is 0.929 bits per heavy atom. The smallest absolute Gasteiger partial charge is 0.253 e. The summed E-state index contributed by atoms with van der Waals surface area (Å²) in [7, 11) is 1.63. The van der Waals surface area contributed by atoms with Crippen LogP contribution in [0.15, 0.2) is 48.5 Å². The van der Waals surface area contributed by atoms with E-state index in [0.717, 1.165) is 30.8 Å². The Kier molecular flexibility index (Phi) is 4.16. The number of ether oxygens (including phenoxy) is 1. The normalized spacial score (nSPS) is 27.4. The molecule has 2 amide bonds. The highest BCUT2D eigenvalue weighted by Gasteiger charge is 2.63. The van der Waals surface area contributed by atoms with Gasteiger partial charge in [-0.1, -0.05) is 29.8 Å². The number of para-hydroxylation sites is 1. The van der Waals surface area contributed by atoms with Crippen LogP contribution in [0.4, 0.5) is 5.69 Å². The van der Waals surface area contributed by atoms with E-state index >= 15 is 0 Å². The number of methoxy groups -OCH3 is 1. The van der Waals surface area contributed by atoms with Gasteiger partial charge in [-0.2, -0.15) is 0 Å². The number of amides is 2. The predicted molar refractivity (Wildman–Crippen MR) is 105 cm³/mol. The molecule has 0 aromatic heterocycles. The zero-order valence-corrected chi connectivity index (χ0v) is 16.2. The Labute approximate surface area is 168 Å². The van der Waals surface area contributed by atoms with E-state index < -0.39 is 12.0 Å². The number of benzene rings is 2. The molecule has 6 nitrogen and oxygen atoms in total. The molecule has 0 saturated carbocycles. The number of imide groups is 1. The van der Waals surface area contributed by atoms with Crippen LogP contribution in [-0.4, -0.2) is 48.1 Å². The molecule has 2 aromatic carbocycles. The van der Waals surface area contributed by atoms with Crippen LogP contribution in [0.3, 0.4) is 0 Å². The molecule has 0 aliphatic carbocycles. The molecule has 2 aromatic rings. The van der Waals surface area contributed by atoms with Gasteiger partial charge in [0.05, 0.1) is 24.8 Å². The van der Waals surface area contributed by atoms with Crippen LogP contribution in [0.1, 0.15) is 18.0 Å². The van der Waals surface area contributed by atoms with Crippen molar-refractivity contribution in [2.24, 2.45) is 5.92 Å². The molecule has 3 atom stereocenters. The summed E-state index contributed by atoms with van der Waals surface area (Å²) in [6, 6.07) is 13.9. The third-order valence-corrected chi connectivity index (χ3v) is 6.20. The quantitative estimate of drug-likeness (QED) is 0.745. The fraction of sp³-hybridized carbons (Fsp3) is 0.333. The van der Waals surface area contributed by atoms with Gasteiger partial charge in [-0.15, -0.1) is 0 Å². The van der Waals surface area contributed by atoms with E-state index in [4.69, 9.17) is 16.3 Å². The minimum Gasteiger partial charge on any atom is -0.496 e. The molecule has 7 heteroatoms. The molecule has 5 rings (SSSR count). The van der Waals surface area contributed by atoms with Crippen molar-refractivity contribution < 1.29 is 14.3 Å². The Morgan fingerprint density at radius 2 is 1.61 bits per heavy atom. The SMILES string of the molecule is COc1ccccc1[C@@H]1[C@H]2C(=O)N(c3ccc(Cl)cc3)C(=O)[C@@H]2N2CCCN12. The maximum atomic E-state index is 13.5. The van der Waals surface area contributed by atoms with E-state index in [1.165, 1.54) is 4.90 Å². The predicted octanol–water partition coefficient (Wildman–Crippen LogP) is 2.88. The van der Waals surface area contributed by atoms with Crippen LogP contribution in [-0.2, 0) is 9.59 Å². The molecular weight excluding hydrogens is 378 g/mol. The van der Waals surface area contributed by atoms with Crippen molar-refractivity contribution in [3.8, 4) is 5.75 Å². The van der Waals surface area contributed by atoms with Gasteiger partial charge in [0.1, 0.15) is 11.8 Å². The Morgan fingerprint density at radius 3 is 2.32 bits per heavy atom. The minimum absolute atomic E-state index is 0.164. The van der Waals surface area contributed by atoms with E-state index in [0.29, 0.717) is 10.7 Å². The van der Waals surface area contributed by atoms with Crippen LogP contribution < -0.4 is 9.64 Å². The van der Waals surface area contributed by atoms with Gasteiger partial charge in [0, 0.05) is 23.7 Å². The maximum Gasteiger partial charge on any atom is 0.253 e. The summed E-state index contributed by atoms with van der Waals surface area (Å²) in [4.78, 5) is 28.1. The van der Waals surface area contributed by atoms with Crippen molar-refractivity contribution >= 4 is 29.1 Å². The van der Waals surface area contributed by atoms with E-state index in [-0.39, 0.29) is 17.9 Å². The molecule has 0 bridgehead atoms. The van der Waals surface area contributed by atoms with Gasteiger partial charge < -0.3 is 4.74 Å². The van der Waals surface area contributed by atoms with Crippen molar-refractivity contribution in [2.45, 2.75) is 18.5 Å². The number of hydrogen-bond acceptors (Lipinski definition) is 5. The third kappa shape index (κ3) is 2.42. The molecule has 0 N–H and O–H groups in total. The van der Waals surface area contributed by atoms with Gasteiger partial charge in [-0.25, -0.2) is 14.9 Å². The van der Waals surface area contributed by atoms with Crippen molar-refractivity contribution in [2.75, 3.05) is 25.1 Å². The number of fused-ring (bicyclic) bond motifs is 3. The van der Waals surface area contributed by atoms with Crippen molar-refractivity contribution in [3.63, 3.8) is 0 Å². The van der Waals surface area contributed by atoms with Gasteiger partial charge in [-0.3, -0.25) is 9.59 Å². The first kappa shape index (κ1) is 17.7. The van der Waals surface area contributed by atoms with Crippen LogP contribution in [0.25, 0.3) is 0 Å². The lowest BCUT2D eigenvalue weighted by Crippen LogP contribution is -2.44. The van der Waals surface area contributed by atoms with E-state index in [9.17, 15) is 9.59 Å². The minimum atomic E-state index is -0.472. The molecule has 0 unspecified atom stereocenters. The van der Waals surface area contributed by atoms with Crippen molar-refractivity contribution in [3.05, 3.63) is 59.1 Å². The Balaban J connectivity index is 1.60. The first-order chi connectivity index (χ1) is 13.6. The second-order valence-electron chi connectivity index (χ2n) is 7.33. The van der Waals surface area contributed by atoms with Gasteiger partial charge in [0.15, 0.2) is 0 Å². The number of anilines is 1. The fourth-order valence-electron chi connectivity index (χ4n) is 4.84. The second-order valence-corrected chi connectivity index (χ2v) is 7.76. The zero-order chi connectivity index (χ0) is 19.4. The van der Waals surface area contributed by atoms with Crippen LogP contribution >= 0.6 is 11.6 Å². The molecule has 0 radical (unpaired) electrons. The summed E-state index contributed by atoms with van der Waals surface area (Å²) in [5.74, 6) is -0.0470. The molecule has 3 saturated heterocycles. The summed E-state index contributed by atoms with van der Waals surface area (Å²) in [5, 5.41) is 4.83. The lowest BCUT2D eigenvalue weighted by Gasteiger charge is -2.30.